The SMILES string of the molecule is CSCC[C@H](NCc1cnc(-c2ccccc2)nc1)C(=O)O. The van der Waals surface area contributed by atoms with Gasteiger partial charge in [0.2, 0.25) is 0 Å². The second-order valence-electron chi connectivity index (χ2n) is 4.83. The Morgan fingerprint density at radius 3 is 2.55 bits per heavy atom. The highest BCUT2D eigenvalue weighted by Crippen LogP contribution is 2.13. The Hall–Kier alpha value is -1.92. The first-order chi connectivity index (χ1) is 10.7. The highest BCUT2D eigenvalue weighted by molar-refractivity contribution is 7.98. The van der Waals surface area contributed by atoms with E-state index in [1.807, 2.05) is 36.6 Å². The lowest BCUT2D eigenvalue weighted by Crippen LogP contribution is -2.36. The highest BCUT2D eigenvalue weighted by atomic mass is 32.2. The fourth-order valence-electron chi connectivity index (χ4n) is 1.97. The number of carbonyl (C=O) groups is 1. The van der Waals surface area contributed by atoms with Crippen LogP contribution < -0.4 is 5.32 Å². The van der Waals surface area contributed by atoms with Gasteiger partial charge in [-0.2, -0.15) is 11.8 Å². The molecule has 2 N–H and O–H groups in total. The van der Waals surface area contributed by atoms with E-state index in [1.165, 1.54) is 0 Å². The molecule has 0 aliphatic carbocycles. The number of aromatic nitrogens is 2. The second-order valence-corrected chi connectivity index (χ2v) is 5.82. The molecule has 2 rings (SSSR count). The minimum Gasteiger partial charge on any atom is -0.480 e. The van der Waals surface area contributed by atoms with Crippen molar-refractivity contribution in [1.82, 2.24) is 15.3 Å². The van der Waals surface area contributed by atoms with Gasteiger partial charge in [0, 0.05) is 30.1 Å². The lowest BCUT2D eigenvalue weighted by molar-refractivity contribution is -0.139. The summed E-state index contributed by atoms with van der Waals surface area (Å²) in [5, 5.41) is 12.2. The third-order valence-corrected chi connectivity index (χ3v) is 3.84. The van der Waals surface area contributed by atoms with Gasteiger partial charge in [-0.05, 0) is 18.4 Å². The van der Waals surface area contributed by atoms with E-state index in [1.54, 1.807) is 24.2 Å². The van der Waals surface area contributed by atoms with Gasteiger partial charge in [0.25, 0.3) is 0 Å². The van der Waals surface area contributed by atoms with E-state index in [0.29, 0.717) is 18.8 Å². The number of aliphatic carboxylic acids is 1. The normalized spacial score (nSPS) is 12.0. The average molecular weight is 317 g/mol. The van der Waals surface area contributed by atoms with E-state index in [9.17, 15) is 4.79 Å². The Labute approximate surface area is 134 Å². The third kappa shape index (κ3) is 4.82. The van der Waals surface area contributed by atoms with Gasteiger partial charge in [-0.3, -0.25) is 4.79 Å². The molecule has 0 saturated heterocycles. The summed E-state index contributed by atoms with van der Waals surface area (Å²) in [5.41, 5.74) is 1.83. The van der Waals surface area contributed by atoms with Crippen LogP contribution in [0.3, 0.4) is 0 Å². The predicted molar refractivity (Wildman–Crippen MR) is 88.7 cm³/mol. The van der Waals surface area contributed by atoms with Gasteiger partial charge in [-0.25, -0.2) is 9.97 Å². The topological polar surface area (TPSA) is 75.1 Å². The zero-order valence-corrected chi connectivity index (χ0v) is 13.2. The zero-order chi connectivity index (χ0) is 15.8. The van der Waals surface area contributed by atoms with Crippen molar-refractivity contribution in [3.05, 3.63) is 48.3 Å². The molecule has 0 radical (unpaired) electrons. The number of hydrogen-bond donors (Lipinski definition) is 2. The lowest BCUT2D eigenvalue weighted by atomic mass is 10.2. The van der Waals surface area contributed by atoms with Gasteiger partial charge in [-0.1, -0.05) is 30.3 Å². The van der Waals surface area contributed by atoms with Crippen LogP contribution in [-0.2, 0) is 11.3 Å². The molecule has 5 nitrogen and oxygen atoms in total. The van der Waals surface area contributed by atoms with Crippen LogP contribution in [-0.4, -0.2) is 39.1 Å². The Bertz CT molecular complexity index is 590. The van der Waals surface area contributed by atoms with E-state index >= 15 is 0 Å². The van der Waals surface area contributed by atoms with Gasteiger partial charge in [0.05, 0.1) is 0 Å². The van der Waals surface area contributed by atoms with Gasteiger partial charge < -0.3 is 10.4 Å². The van der Waals surface area contributed by atoms with Crippen LogP contribution in [0, 0.1) is 0 Å². The molecule has 1 aromatic carbocycles. The molecule has 1 aromatic heterocycles. The maximum atomic E-state index is 11.2. The molecule has 0 fully saturated rings. The quantitative estimate of drug-likeness (QED) is 0.779. The largest absolute Gasteiger partial charge is 0.480 e. The molecule has 2 aromatic rings. The Morgan fingerprint density at radius 2 is 1.95 bits per heavy atom. The minimum absolute atomic E-state index is 0.445. The van der Waals surface area contributed by atoms with E-state index in [2.05, 4.69) is 15.3 Å². The van der Waals surface area contributed by atoms with Crippen molar-refractivity contribution in [3.63, 3.8) is 0 Å². The molecule has 116 valence electrons. The molecular formula is C16H19N3O2S. The Kier molecular flexibility index (Phi) is 6.36. The Balaban J connectivity index is 1.95. The average Bonchev–Trinajstić information content (AvgIpc) is 2.56. The molecule has 0 unspecified atom stereocenters. The van der Waals surface area contributed by atoms with E-state index in [4.69, 9.17) is 5.11 Å². The molecule has 0 spiro atoms. The molecule has 1 heterocycles. The summed E-state index contributed by atoms with van der Waals surface area (Å²) in [5.74, 6) is 0.658. The maximum absolute atomic E-state index is 11.2. The van der Waals surface area contributed by atoms with Crippen LogP contribution in [0.4, 0.5) is 0 Å². The molecule has 0 aliphatic rings. The van der Waals surface area contributed by atoms with Crippen LogP contribution in [0.1, 0.15) is 12.0 Å². The number of carboxylic acids is 1. The third-order valence-electron chi connectivity index (χ3n) is 3.20. The molecule has 22 heavy (non-hydrogen) atoms. The van der Waals surface area contributed by atoms with Crippen LogP contribution >= 0.6 is 11.8 Å². The van der Waals surface area contributed by atoms with Gasteiger partial charge in [0.1, 0.15) is 6.04 Å². The zero-order valence-electron chi connectivity index (χ0n) is 12.4. The first kappa shape index (κ1) is 16.5. The number of hydrogen-bond acceptors (Lipinski definition) is 5. The van der Waals surface area contributed by atoms with E-state index in [0.717, 1.165) is 16.9 Å². The summed E-state index contributed by atoms with van der Waals surface area (Å²) in [6, 6.07) is 9.20. The van der Waals surface area contributed by atoms with Crippen molar-refractivity contribution in [1.29, 1.82) is 0 Å². The van der Waals surface area contributed by atoms with Gasteiger partial charge in [0.15, 0.2) is 5.82 Å². The molecule has 0 saturated carbocycles. The van der Waals surface area contributed by atoms with Crippen LogP contribution in [0.2, 0.25) is 0 Å². The summed E-state index contributed by atoms with van der Waals surface area (Å²) in [4.78, 5) is 19.8. The predicted octanol–water partition coefficient (Wildman–Crippen LogP) is 2.44. The molecular weight excluding hydrogens is 298 g/mol. The van der Waals surface area contributed by atoms with E-state index in [-0.39, 0.29) is 0 Å². The fraction of sp³-hybridized carbons (Fsp3) is 0.312. The van der Waals surface area contributed by atoms with Crippen LogP contribution in [0.15, 0.2) is 42.7 Å². The number of nitrogens with one attached hydrogen (secondary N) is 1. The lowest BCUT2D eigenvalue weighted by Gasteiger charge is -2.13. The second kappa shape index (κ2) is 8.51. The van der Waals surface area contributed by atoms with Crippen molar-refractivity contribution in [2.24, 2.45) is 0 Å². The first-order valence-corrected chi connectivity index (χ1v) is 8.41. The number of rotatable bonds is 8. The Morgan fingerprint density at radius 1 is 1.27 bits per heavy atom. The monoisotopic (exact) mass is 317 g/mol. The van der Waals surface area contributed by atoms with Crippen LogP contribution in [0.25, 0.3) is 11.4 Å². The summed E-state index contributed by atoms with van der Waals surface area (Å²) >= 11 is 1.64. The van der Waals surface area contributed by atoms with Crippen molar-refractivity contribution >= 4 is 17.7 Å². The van der Waals surface area contributed by atoms with Gasteiger partial charge in [-0.15, -0.1) is 0 Å². The number of nitrogens with zero attached hydrogens (tertiary/aromatic N) is 2. The molecule has 0 amide bonds. The number of thioether (sulfide) groups is 1. The summed E-state index contributed by atoms with van der Waals surface area (Å²) in [6.45, 7) is 0.445. The summed E-state index contributed by atoms with van der Waals surface area (Å²) in [6.07, 6.45) is 6.03. The molecule has 0 bridgehead atoms. The van der Waals surface area contributed by atoms with Crippen molar-refractivity contribution in [3.8, 4) is 11.4 Å². The minimum atomic E-state index is -0.823. The van der Waals surface area contributed by atoms with Crippen molar-refractivity contribution < 1.29 is 9.90 Å². The fourth-order valence-corrected chi connectivity index (χ4v) is 2.44. The first-order valence-electron chi connectivity index (χ1n) is 7.02. The van der Waals surface area contributed by atoms with Crippen molar-refractivity contribution in [2.75, 3.05) is 12.0 Å². The smallest absolute Gasteiger partial charge is 0.320 e. The summed E-state index contributed by atoms with van der Waals surface area (Å²) in [7, 11) is 0. The molecule has 1 atom stereocenters. The highest BCUT2D eigenvalue weighted by Gasteiger charge is 2.16. The maximum Gasteiger partial charge on any atom is 0.320 e. The van der Waals surface area contributed by atoms with Crippen molar-refractivity contribution in [2.45, 2.75) is 19.0 Å². The van der Waals surface area contributed by atoms with Gasteiger partial charge >= 0.3 is 5.97 Å². The molecule has 6 heteroatoms. The standard InChI is InChI=1S/C16H19N3O2S/c1-22-8-7-14(16(20)21)17-9-12-10-18-15(19-11-12)13-5-3-2-4-6-13/h2-6,10-11,14,17H,7-9H2,1H3,(H,20,21)/t14-/m0/s1. The number of carboxylic acid groups (broad SMARTS) is 1. The number of benzene rings is 1. The van der Waals surface area contributed by atoms with Crippen LogP contribution in [0.5, 0.6) is 0 Å². The molecule has 0 aliphatic heterocycles. The van der Waals surface area contributed by atoms with E-state index < -0.39 is 12.0 Å². The summed E-state index contributed by atoms with van der Waals surface area (Å²) < 4.78 is 0.